The van der Waals surface area contributed by atoms with Crippen molar-refractivity contribution in [1.29, 1.82) is 0 Å². The Morgan fingerprint density at radius 1 is 1.17 bits per heavy atom. The summed E-state index contributed by atoms with van der Waals surface area (Å²) in [6.07, 6.45) is 2.02. The molecule has 0 aliphatic rings. The van der Waals surface area contributed by atoms with Crippen LogP contribution in [0.4, 0.5) is 0 Å². The van der Waals surface area contributed by atoms with E-state index in [1.54, 1.807) is 0 Å². The summed E-state index contributed by atoms with van der Waals surface area (Å²) in [4.78, 5) is 0. The van der Waals surface area contributed by atoms with Gasteiger partial charge in [-0.2, -0.15) is 0 Å². The second kappa shape index (κ2) is 6.00. The Kier molecular flexibility index (Phi) is 4.12. The lowest BCUT2D eigenvalue weighted by molar-refractivity contribution is 0.292. The average Bonchev–Trinajstić information content (AvgIpc) is 2.40. The highest BCUT2D eigenvalue weighted by Crippen LogP contribution is 2.28. The lowest BCUT2D eigenvalue weighted by Gasteiger charge is -2.06. The number of nitrogens with zero attached hydrogens (tertiary/aromatic N) is 2. The number of unbranched alkanes of at least 4 members (excludes halogenated alkanes) is 1. The molecule has 1 heterocycles. The minimum atomic E-state index is 0.0858. The van der Waals surface area contributed by atoms with Crippen LogP contribution in [0.1, 0.15) is 19.8 Å². The number of ether oxygens (including phenoxy) is 1. The van der Waals surface area contributed by atoms with E-state index in [0.717, 1.165) is 18.4 Å². The van der Waals surface area contributed by atoms with Gasteiger partial charge in [0.25, 0.3) is 0 Å². The zero-order valence-corrected chi connectivity index (χ0v) is 10.3. The van der Waals surface area contributed by atoms with Crippen molar-refractivity contribution in [1.82, 2.24) is 10.2 Å². The second-order valence-corrected chi connectivity index (χ2v) is 3.98. The lowest BCUT2D eigenvalue weighted by atomic mass is 10.1. The second-order valence-electron chi connectivity index (χ2n) is 3.98. The number of hydrogen-bond acceptors (Lipinski definition) is 4. The van der Waals surface area contributed by atoms with Crippen LogP contribution in [0.25, 0.3) is 11.3 Å². The van der Waals surface area contributed by atoms with Crippen molar-refractivity contribution in [3.63, 3.8) is 0 Å². The van der Waals surface area contributed by atoms with Crippen molar-refractivity contribution in [3.05, 3.63) is 36.4 Å². The number of rotatable bonds is 5. The average molecular weight is 244 g/mol. The molecule has 0 atom stereocenters. The normalized spacial score (nSPS) is 10.3. The van der Waals surface area contributed by atoms with Gasteiger partial charge >= 0.3 is 0 Å². The Hall–Kier alpha value is -2.10. The van der Waals surface area contributed by atoms with E-state index in [9.17, 15) is 5.11 Å². The van der Waals surface area contributed by atoms with Gasteiger partial charge in [0, 0.05) is 11.6 Å². The van der Waals surface area contributed by atoms with Gasteiger partial charge in [-0.05, 0) is 6.42 Å². The summed E-state index contributed by atoms with van der Waals surface area (Å²) in [5, 5.41) is 17.9. The van der Waals surface area contributed by atoms with Gasteiger partial charge in [0.15, 0.2) is 0 Å². The van der Waals surface area contributed by atoms with Gasteiger partial charge in [-0.15, -0.1) is 10.2 Å². The van der Waals surface area contributed by atoms with E-state index in [-0.39, 0.29) is 5.75 Å². The zero-order valence-electron chi connectivity index (χ0n) is 10.3. The van der Waals surface area contributed by atoms with Crippen LogP contribution in [0.3, 0.4) is 0 Å². The van der Waals surface area contributed by atoms with Crippen molar-refractivity contribution < 1.29 is 9.84 Å². The molecule has 0 radical (unpaired) electrons. The van der Waals surface area contributed by atoms with Crippen molar-refractivity contribution in [3.8, 4) is 22.9 Å². The molecule has 0 spiro atoms. The third kappa shape index (κ3) is 2.97. The van der Waals surface area contributed by atoms with Crippen molar-refractivity contribution in [2.45, 2.75) is 19.8 Å². The summed E-state index contributed by atoms with van der Waals surface area (Å²) < 4.78 is 5.38. The standard InChI is InChI=1S/C14H16N2O2/c1-2-3-9-18-13-10-12(17)14(16-15-13)11-7-5-4-6-8-11/h4-8,10H,2-3,9H2,1H3,(H,15,17). The molecular formula is C14H16N2O2. The predicted octanol–water partition coefficient (Wildman–Crippen LogP) is 3.03. The first-order valence-electron chi connectivity index (χ1n) is 6.06. The Labute approximate surface area is 106 Å². The molecule has 0 saturated carbocycles. The van der Waals surface area contributed by atoms with Gasteiger partial charge in [0.1, 0.15) is 11.4 Å². The lowest BCUT2D eigenvalue weighted by Crippen LogP contribution is -2.00. The first-order valence-corrected chi connectivity index (χ1v) is 6.06. The molecule has 2 rings (SSSR count). The molecule has 1 aromatic heterocycles. The van der Waals surface area contributed by atoms with E-state index < -0.39 is 0 Å². The minimum absolute atomic E-state index is 0.0858. The largest absolute Gasteiger partial charge is 0.505 e. The topological polar surface area (TPSA) is 55.2 Å². The van der Waals surface area contributed by atoms with Crippen molar-refractivity contribution in [2.75, 3.05) is 6.61 Å². The SMILES string of the molecule is CCCCOc1cc(O)c(-c2ccccc2)nn1. The monoisotopic (exact) mass is 244 g/mol. The molecule has 4 nitrogen and oxygen atoms in total. The molecule has 0 amide bonds. The Bertz CT molecular complexity index is 500. The first kappa shape index (κ1) is 12.4. The van der Waals surface area contributed by atoms with Gasteiger partial charge in [-0.1, -0.05) is 43.7 Å². The highest BCUT2D eigenvalue weighted by Gasteiger charge is 2.08. The molecule has 2 aromatic rings. The summed E-state index contributed by atoms with van der Waals surface area (Å²) in [6, 6.07) is 11.0. The maximum atomic E-state index is 9.92. The van der Waals surface area contributed by atoms with E-state index in [4.69, 9.17) is 4.74 Å². The van der Waals surface area contributed by atoms with Crippen LogP contribution < -0.4 is 4.74 Å². The summed E-state index contributed by atoms with van der Waals surface area (Å²) >= 11 is 0. The molecule has 1 N–H and O–H groups in total. The van der Waals surface area contributed by atoms with Crippen LogP contribution in [0.5, 0.6) is 11.6 Å². The number of hydrogen-bond donors (Lipinski definition) is 1. The Morgan fingerprint density at radius 3 is 2.61 bits per heavy atom. The minimum Gasteiger partial charge on any atom is -0.505 e. The first-order chi connectivity index (χ1) is 8.81. The summed E-state index contributed by atoms with van der Waals surface area (Å²) in [5.74, 6) is 0.448. The maximum Gasteiger partial charge on any atom is 0.237 e. The van der Waals surface area contributed by atoms with E-state index in [1.165, 1.54) is 6.07 Å². The third-order valence-corrected chi connectivity index (χ3v) is 2.55. The van der Waals surface area contributed by atoms with Crippen LogP contribution in [0.15, 0.2) is 36.4 Å². The molecule has 0 aliphatic heterocycles. The molecule has 0 bridgehead atoms. The molecule has 0 fully saturated rings. The third-order valence-electron chi connectivity index (χ3n) is 2.55. The van der Waals surface area contributed by atoms with Crippen molar-refractivity contribution in [2.24, 2.45) is 0 Å². The highest BCUT2D eigenvalue weighted by atomic mass is 16.5. The fraction of sp³-hybridized carbons (Fsp3) is 0.286. The van der Waals surface area contributed by atoms with Crippen LogP contribution >= 0.6 is 0 Å². The van der Waals surface area contributed by atoms with Gasteiger partial charge in [-0.25, -0.2) is 0 Å². The molecule has 0 saturated heterocycles. The van der Waals surface area contributed by atoms with Crippen molar-refractivity contribution >= 4 is 0 Å². The van der Waals surface area contributed by atoms with E-state index in [2.05, 4.69) is 17.1 Å². The predicted molar refractivity (Wildman–Crippen MR) is 69.5 cm³/mol. The van der Waals surface area contributed by atoms with Crippen LogP contribution in [-0.2, 0) is 0 Å². The van der Waals surface area contributed by atoms with E-state index in [0.29, 0.717) is 18.2 Å². The molecule has 4 heteroatoms. The summed E-state index contributed by atoms with van der Waals surface area (Å²) in [6.45, 7) is 2.68. The molecule has 0 unspecified atom stereocenters. The van der Waals surface area contributed by atoms with E-state index >= 15 is 0 Å². The molecule has 1 aromatic carbocycles. The molecule has 0 aliphatic carbocycles. The van der Waals surface area contributed by atoms with Gasteiger partial charge < -0.3 is 9.84 Å². The number of aromatic hydroxyl groups is 1. The number of aromatic nitrogens is 2. The van der Waals surface area contributed by atoms with Crippen LogP contribution in [-0.4, -0.2) is 21.9 Å². The fourth-order valence-corrected chi connectivity index (χ4v) is 1.56. The summed E-state index contributed by atoms with van der Waals surface area (Å²) in [7, 11) is 0. The van der Waals surface area contributed by atoms with Gasteiger partial charge in [0.2, 0.25) is 5.88 Å². The molecule has 94 valence electrons. The highest BCUT2D eigenvalue weighted by molar-refractivity contribution is 5.65. The van der Waals surface area contributed by atoms with Gasteiger partial charge in [-0.3, -0.25) is 0 Å². The molecule has 18 heavy (non-hydrogen) atoms. The fourth-order valence-electron chi connectivity index (χ4n) is 1.56. The van der Waals surface area contributed by atoms with Crippen LogP contribution in [0, 0.1) is 0 Å². The number of benzene rings is 1. The molecular weight excluding hydrogens is 228 g/mol. The Morgan fingerprint density at radius 2 is 1.94 bits per heavy atom. The quantitative estimate of drug-likeness (QED) is 0.821. The summed E-state index contributed by atoms with van der Waals surface area (Å²) in [5.41, 5.74) is 1.31. The Balaban J connectivity index is 2.15. The maximum absolute atomic E-state index is 9.92. The smallest absolute Gasteiger partial charge is 0.237 e. The van der Waals surface area contributed by atoms with Gasteiger partial charge in [0.05, 0.1) is 6.61 Å². The zero-order chi connectivity index (χ0) is 12.8. The van der Waals surface area contributed by atoms with E-state index in [1.807, 2.05) is 30.3 Å². The van der Waals surface area contributed by atoms with Crippen LogP contribution in [0.2, 0.25) is 0 Å².